The van der Waals surface area contributed by atoms with Gasteiger partial charge in [-0.15, -0.1) is 0 Å². The van der Waals surface area contributed by atoms with Crippen molar-refractivity contribution in [2.75, 3.05) is 0 Å². The molecule has 3 nitrogen and oxygen atoms in total. The molecule has 0 atom stereocenters. The van der Waals surface area contributed by atoms with Crippen molar-refractivity contribution >= 4 is 20.9 Å². The molecule has 0 unspecified atom stereocenters. The van der Waals surface area contributed by atoms with Crippen LogP contribution in [0.15, 0.2) is 41.3 Å². The molecular formula is C18H23KO3S. The van der Waals surface area contributed by atoms with Crippen LogP contribution in [0, 0.1) is 0 Å². The maximum Gasteiger partial charge on any atom is 1.00 e. The molecule has 0 heterocycles. The maximum atomic E-state index is 11.3. The van der Waals surface area contributed by atoms with Crippen molar-refractivity contribution in [3.8, 4) is 0 Å². The van der Waals surface area contributed by atoms with Gasteiger partial charge in [-0.05, 0) is 41.3 Å². The summed E-state index contributed by atoms with van der Waals surface area (Å²) in [7, 11) is -4.41. The van der Waals surface area contributed by atoms with E-state index in [0.29, 0.717) is 0 Å². The molecule has 0 aliphatic heterocycles. The molecule has 2 aromatic carbocycles. The Morgan fingerprint density at radius 3 is 2.30 bits per heavy atom. The van der Waals surface area contributed by atoms with Gasteiger partial charge in [0.1, 0.15) is 10.1 Å². The van der Waals surface area contributed by atoms with E-state index in [1.165, 1.54) is 31.7 Å². The summed E-state index contributed by atoms with van der Waals surface area (Å²) in [5, 5.41) is 1.86. The number of aryl methyl sites for hydroxylation is 1. The van der Waals surface area contributed by atoms with Gasteiger partial charge in [0, 0.05) is 0 Å². The van der Waals surface area contributed by atoms with E-state index in [0.717, 1.165) is 35.6 Å². The molecule has 0 bridgehead atoms. The van der Waals surface area contributed by atoms with Crippen molar-refractivity contribution in [2.24, 2.45) is 0 Å². The second-order valence-corrected chi connectivity index (χ2v) is 7.16. The van der Waals surface area contributed by atoms with Gasteiger partial charge in [0.2, 0.25) is 0 Å². The zero-order chi connectivity index (χ0) is 16.0. The zero-order valence-corrected chi connectivity index (χ0v) is 18.0. The molecule has 0 fully saturated rings. The van der Waals surface area contributed by atoms with E-state index in [2.05, 4.69) is 6.92 Å². The molecule has 0 saturated carbocycles. The van der Waals surface area contributed by atoms with E-state index in [1.807, 2.05) is 24.3 Å². The Morgan fingerprint density at radius 2 is 1.61 bits per heavy atom. The summed E-state index contributed by atoms with van der Waals surface area (Å²) >= 11 is 0. The Hall–Kier alpha value is 0.246. The van der Waals surface area contributed by atoms with Crippen molar-refractivity contribution in [2.45, 2.75) is 56.8 Å². The first-order valence-electron chi connectivity index (χ1n) is 8.00. The zero-order valence-electron chi connectivity index (χ0n) is 14.0. The Balaban J connectivity index is 0.00000264. The van der Waals surface area contributed by atoms with Crippen LogP contribution in [0.3, 0.4) is 0 Å². The van der Waals surface area contributed by atoms with Crippen molar-refractivity contribution in [3.63, 3.8) is 0 Å². The minimum absolute atomic E-state index is 0. The summed E-state index contributed by atoms with van der Waals surface area (Å²) in [5.41, 5.74) is 0.961. The first kappa shape index (κ1) is 21.3. The predicted molar refractivity (Wildman–Crippen MR) is 89.0 cm³/mol. The van der Waals surface area contributed by atoms with Gasteiger partial charge in [-0.25, -0.2) is 8.42 Å². The fourth-order valence-corrected chi connectivity index (χ4v) is 3.36. The summed E-state index contributed by atoms with van der Waals surface area (Å²) in [5.74, 6) is 0. The summed E-state index contributed by atoms with van der Waals surface area (Å²) in [6, 6.07) is 10.7. The molecule has 0 aliphatic carbocycles. The number of fused-ring (bicyclic) bond motifs is 1. The average Bonchev–Trinajstić information content (AvgIpc) is 2.49. The Labute approximate surface area is 182 Å². The van der Waals surface area contributed by atoms with Crippen molar-refractivity contribution < 1.29 is 64.4 Å². The van der Waals surface area contributed by atoms with Crippen molar-refractivity contribution in [1.29, 1.82) is 0 Å². The van der Waals surface area contributed by atoms with Crippen LogP contribution < -0.4 is 51.4 Å². The number of benzene rings is 2. The topological polar surface area (TPSA) is 57.2 Å². The molecule has 23 heavy (non-hydrogen) atoms. The largest absolute Gasteiger partial charge is 1.00 e. The van der Waals surface area contributed by atoms with Crippen LogP contribution in [0.1, 0.15) is 51.0 Å². The maximum absolute atomic E-state index is 11.3. The monoisotopic (exact) mass is 358 g/mol. The van der Waals surface area contributed by atoms with Gasteiger partial charge in [-0.2, -0.15) is 0 Å². The number of hydrogen-bond acceptors (Lipinski definition) is 3. The average molecular weight is 359 g/mol. The van der Waals surface area contributed by atoms with Gasteiger partial charge >= 0.3 is 51.4 Å². The Morgan fingerprint density at radius 1 is 0.957 bits per heavy atom. The molecule has 0 N–H and O–H groups in total. The summed E-state index contributed by atoms with van der Waals surface area (Å²) in [6.45, 7) is 2.20. The molecule has 120 valence electrons. The summed E-state index contributed by atoms with van der Waals surface area (Å²) in [4.78, 5) is -0.118. The third kappa shape index (κ3) is 6.57. The van der Waals surface area contributed by atoms with Gasteiger partial charge < -0.3 is 4.55 Å². The van der Waals surface area contributed by atoms with Gasteiger partial charge in [0.05, 0.1) is 4.90 Å². The van der Waals surface area contributed by atoms with E-state index in [-0.39, 0.29) is 56.3 Å². The fraction of sp³-hybridized carbons (Fsp3) is 0.444. The summed E-state index contributed by atoms with van der Waals surface area (Å²) in [6.07, 6.45) is 7.95. The molecule has 5 heteroatoms. The van der Waals surface area contributed by atoms with Crippen LogP contribution >= 0.6 is 0 Å². The number of rotatable bonds is 8. The Kier molecular flexibility index (Phi) is 9.52. The van der Waals surface area contributed by atoms with Crippen LogP contribution in [0.5, 0.6) is 0 Å². The molecule has 0 radical (unpaired) electrons. The first-order valence-corrected chi connectivity index (χ1v) is 9.41. The second-order valence-electron chi connectivity index (χ2n) is 5.78. The SMILES string of the molecule is CCCCCCCCc1cc(S(=O)(=O)[O-])cc2ccccc12.[K+]. The van der Waals surface area contributed by atoms with E-state index in [9.17, 15) is 13.0 Å². The minimum Gasteiger partial charge on any atom is -0.744 e. The van der Waals surface area contributed by atoms with E-state index < -0.39 is 10.1 Å². The second kappa shape index (κ2) is 10.3. The van der Waals surface area contributed by atoms with Gasteiger partial charge in [-0.3, -0.25) is 0 Å². The van der Waals surface area contributed by atoms with Crippen LogP contribution in [0.4, 0.5) is 0 Å². The molecule has 0 aromatic heterocycles. The van der Waals surface area contributed by atoms with Crippen LogP contribution in [-0.4, -0.2) is 13.0 Å². The van der Waals surface area contributed by atoms with Gasteiger partial charge in [-0.1, -0.05) is 63.3 Å². The third-order valence-electron chi connectivity index (χ3n) is 4.01. The molecule has 0 amide bonds. The van der Waals surface area contributed by atoms with E-state index in [4.69, 9.17) is 0 Å². The molecule has 2 aromatic rings. The molecule has 2 rings (SSSR count). The van der Waals surface area contributed by atoms with Crippen LogP contribution in [0.25, 0.3) is 10.8 Å². The Bertz CT molecular complexity index is 726. The third-order valence-corrected chi connectivity index (χ3v) is 4.82. The number of unbranched alkanes of at least 4 members (excludes halogenated alkanes) is 5. The van der Waals surface area contributed by atoms with Crippen molar-refractivity contribution in [1.82, 2.24) is 0 Å². The first-order chi connectivity index (χ1) is 10.5. The van der Waals surface area contributed by atoms with Crippen molar-refractivity contribution in [3.05, 3.63) is 42.0 Å². The van der Waals surface area contributed by atoms with Crippen LogP contribution in [-0.2, 0) is 16.5 Å². The summed E-state index contributed by atoms with van der Waals surface area (Å²) < 4.78 is 34.0. The fourth-order valence-electron chi connectivity index (χ4n) is 2.81. The minimum atomic E-state index is -4.41. The van der Waals surface area contributed by atoms with Crippen LogP contribution in [0.2, 0.25) is 0 Å². The van der Waals surface area contributed by atoms with Gasteiger partial charge in [0.25, 0.3) is 0 Å². The number of hydrogen-bond donors (Lipinski definition) is 0. The molecule has 0 spiro atoms. The predicted octanol–water partition coefficient (Wildman–Crippen LogP) is 1.65. The molecular weight excluding hydrogens is 335 g/mol. The normalized spacial score (nSPS) is 11.4. The van der Waals surface area contributed by atoms with E-state index in [1.54, 1.807) is 6.07 Å². The van der Waals surface area contributed by atoms with E-state index >= 15 is 0 Å². The smallest absolute Gasteiger partial charge is 0.744 e. The molecule has 0 saturated heterocycles. The molecule has 0 aliphatic rings. The van der Waals surface area contributed by atoms with Gasteiger partial charge in [0.15, 0.2) is 0 Å². The quantitative estimate of drug-likeness (QED) is 0.410. The standard InChI is InChI=1S/C18H24O3S.K/c1-2-3-4-5-6-7-10-15-13-17(22(19,20)21)14-16-11-8-9-12-18(15)16;/h8-9,11-14H,2-7,10H2,1H3,(H,19,20,21);/q;+1/p-1.